The summed E-state index contributed by atoms with van der Waals surface area (Å²) >= 11 is 5.52. The molecule has 0 radical (unpaired) electrons. The Balaban J connectivity index is 2.08. The average Bonchev–Trinajstić information content (AvgIpc) is 2.75. The number of nitrogens with one attached hydrogen (secondary N) is 1. The van der Waals surface area contributed by atoms with Crippen molar-refractivity contribution in [3.63, 3.8) is 0 Å². The molecule has 1 heterocycles. The number of carbonyl (C=O) groups is 1. The molecule has 1 aromatic carbocycles. The van der Waals surface area contributed by atoms with Crippen molar-refractivity contribution >= 4 is 44.4 Å². The molecule has 0 aliphatic carbocycles. The first kappa shape index (κ1) is 13.5. The van der Waals surface area contributed by atoms with Gasteiger partial charge in [-0.2, -0.15) is 5.10 Å². The van der Waals surface area contributed by atoms with Crippen molar-refractivity contribution in [2.45, 2.75) is 6.54 Å². The monoisotopic (exact) mass is 419 g/mol. The Labute approximate surface area is 127 Å². The van der Waals surface area contributed by atoms with Crippen LogP contribution in [-0.4, -0.2) is 15.7 Å². The van der Waals surface area contributed by atoms with Crippen molar-refractivity contribution in [1.29, 1.82) is 0 Å². The van der Waals surface area contributed by atoms with Gasteiger partial charge in [0.25, 0.3) is 5.91 Å². The first-order valence-electron chi connectivity index (χ1n) is 5.28. The molecule has 1 aromatic heterocycles. The molecule has 0 saturated carbocycles. The Morgan fingerprint density at radius 1 is 1.50 bits per heavy atom. The minimum Gasteiger partial charge on any atom is -0.346 e. The van der Waals surface area contributed by atoms with Gasteiger partial charge in [-0.05, 0) is 46.9 Å². The fourth-order valence-corrected chi connectivity index (χ4v) is 2.45. The normalized spacial score (nSPS) is 10.4. The zero-order valence-corrected chi connectivity index (χ0v) is 13.4. The van der Waals surface area contributed by atoms with Gasteiger partial charge in [-0.15, -0.1) is 0 Å². The van der Waals surface area contributed by atoms with Crippen molar-refractivity contribution in [2.24, 2.45) is 7.05 Å². The predicted molar refractivity (Wildman–Crippen MR) is 81.2 cm³/mol. The van der Waals surface area contributed by atoms with Crippen LogP contribution in [-0.2, 0) is 13.6 Å². The maximum Gasteiger partial charge on any atom is 0.252 e. The third-order valence-electron chi connectivity index (χ3n) is 2.53. The van der Waals surface area contributed by atoms with E-state index in [1.54, 1.807) is 10.9 Å². The zero-order valence-electron chi connectivity index (χ0n) is 9.65. The Hall–Kier alpha value is -0.890. The van der Waals surface area contributed by atoms with Crippen LogP contribution < -0.4 is 5.32 Å². The van der Waals surface area contributed by atoms with E-state index in [2.05, 4.69) is 48.9 Å². The highest BCUT2D eigenvalue weighted by molar-refractivity contribution is 14.1. The van der Waals surface area contributed by atoms with E-state index in [9.17, 15) is 4.79 Å². The van der Waals surface area contributed by atoms with Crippen LogP contribution in [0.1, 0.15) is 16.1 Å². The van der Waals surface area contributed by atoms with E-state index in [1.807, 2.05) is 31.3 Å². The van der Waals surface area contributed by atoms with Crippen LogP contribution in [0.25, 0.3) is 0 Å². The molecule has 6 heteroatoms. The van der Waals surface area contributed by atoms with Crippen LogP contribution >= 0.6 is 38.5 Å². The van der Waals surface area contributed by atoms with Gasteiger partial charge in [0.05, 0.1) is 17.8 Å². The van der Waals surface area contributed by atoms with Crippen molar-refractivity contribution < 1.29 is 4.79 Å². The molecular formula is C12H11BrIN3O. The Morgan fingerprint density at radius 3 is 2.94 bits per heavy atom. The van der Waals surface area contributed by atoms with Crippen LogP contribution in [0.5, 0.6) is 0 Å². The molecule has 0 unspecified atom stereocenters. The average molecular weight is 420 g/mol. The van der Waals surface area contributed by atoms with Crippen molar-refractivity contribution in [2.75, 3.05) is 0 Å². The summed E-state index contributed by atoms with van der Waals surface area (Å²) in [5, 5.41) is 6.94. The van der Waals surface area contributed by atoms with Gasteiger partial charge in [0.15, 0.2) is 0 Å². The number of rotatable bonds is 3. The molecule has 2 aromatic rings. The summed E-state index contributed by atoms with van der Waals surface area (Å²) in [6.07, 6.45) is 1.71. The van der Waals surface area contributed by atoms with E-state index in [-0.39, 0.29) is 5.91 Å². The van der Waals surface area contributed by atoms with E-state index in [1.165, 1.54) is 0 Å². The molecule has 4 nitrogen and oxygen atoms in total. The van der Waals surface area contributed by atoms with Crippen molar-refractivity contribution in [3.8, 4) is 0 Å². The lowest BCUT2D eigenvalue weighted by atomic mass is 10.2. The molecule has 0 bridgehead atoms. The predicted octanol–water partition coefficient (Wildman–Crippen LogP) is 2.72. The second-order valence-electron chi connectivity index (χ2n) is 3.75. The van der Waals surface area contributed by atoms with Crippen molar-refractivity contribution in [3.05, 3.63) is 49.8 Å². The van der Waals surface area contributed by atoms with Gasteiger partial charge in [0.1, 0.15) is 0 Å². The van der Waals surface area contributed by atoms with E-state index >= 15 is 0 Å². The van der Waals surface area contributed by atoms with Crippen LogP contribution in [0.2, 0.25) is 0 Å². The highest BCUT2D eigenvalue weighted by Gasteiger charge is 2.10. The Morgan fingerprint density at radius 2 is 2.28 bits per heavy atom. The van der Waals surface area contributed by atoms with Gasteiger partial charge in [-0.3, -0.25) is 9.48 Å². The fourth-order valence-electron chi connectivity index (χ4n) is 1.51. The lowest BCUT2D eigenvalue weighted by Crippen LogP contribution is -2.24. The molecular weight excluding hydrogens is 409 g/mol. The number of hydrogen-bond acceptors (Lipinski definition) is 2. The largest absolute Gasteiger partial charge is 0.346 e. The van der Waals surface area contributed by atoms with Crippen LogP contribution in [0.4, 0.5) is 0 Å². The molecule has 94 valence electrons. The number of benzene rings is 1. The fraction of sp³-hybridized carbons (Fsp3) is 0.167. The molecule has 1 N–H and O–H groups in total. The smallest absolute Gasteiger partial charge is 0.252 e. The van der Waals surface area contributed by atoms with Gasteiger partial charge in [-0.1, -0.05) is 15.9 Å². The molecule has 0 spiro atoms. The SMILES string of the molecule is Cn1nccc1CNC(=O)c1cc(Br)ccc1I. The first-order valence-corrected chi connectivity index (χ1v) is 7.15. The summed E-state index contributed by atoms with van der Waals surface area (Å²) in [7, 11) is 1.85. The second kappa shape index (κ2) is 5.83. The third kappa shape index (κ3) is 3.11. The molecule has 0 aliphatic heterocycles. The van der Waals surface area contributed by atoms with E-state index < -0.39 is 0 Å². The van der Waals surface area contributed by atoms with Gasteiger partial charge >= 0.3 is 0 Å². The van der Waals surface area contributed by atoms with Crippen LogP contribution in [0, 0.1) is 3.57 Å². The minimum absolute atomic E-state index is 0.0816. The molecule has 0 saturated heterocycles. The number of halogens is 2. The highest BCUT2D eigenvalue weighted by atomic mass is 127. The third-order valence-corrected chi connectivity index (χ3v) is 3.96. The second-order valence-corrected chi connectivity index (χ2v) is 5.83. The molecule has 1 amide bonds. The van der Waals surface area contributed by atoms with Gasteiger partial charge < -0.3 is 5.32 Å². The van der Waals surface area contributed by atoms with Crippen LogP contribution in [0.15, 0.2) is 34.9 Å². The molecule has 18 heavy (non-hydrogen) atoms. The summed E-state index contributed by atoms with van der Waals surface area (Å²) in [4.78, 5) is 12.1. The Kier molecular flexibility index (Phi) is 4.39. The summed E-state index contributed by atoms with van der Waals surface area (Å²) in [5.41, 5.74) is 1.64. The first-order chi connectivity index (χ1) is 8.58. The number of aromatic nitrogens is 2. The molecule has 2 rings (SSSR count). The van der Waals surface area contributed by atoms with E-state index in [0.29, 0.717) is 12.1 Å². The summed E-state index contributed by atoms with van der Waals surface area (Å²) in [6.45, 7) is 0.470. The van der Waals surface area contributed by atoms with Crippen LogP contribution in [0.3, 0.4) is 0 Å². The number of carbonyl (C=O) groups excluding carboxylic acids is 1. The number of nitrogens with zero attached hydrogens (tertiary/aromatic N) is 2. The Bertz CT molecular complexity index is 582. The standard InChI is InChI=1S/C12H11BrIN3O/c1-17-9(4-5-16-17)7-15-12(18)10-6-8(13)2-3-11(10)14/h2-6H,7H2,1H3,(H,15,18). The molecule has 0 aliphatic rings. The molecule has 0 atom stereocenters. The van der Waals surface area contributed by atoms with Crippen molar-refractivity contribution in [1.82, 2.24) is 15.1 Å². The highest BCUT2D eigenvalue weighted by Crippen LogP contribution is 2.18. The number of amides is 1. The quantitative estimate of drug-likeness (QED) is 0.777. The van der Waals surface area contributed by atoms with E-state index in [4.69, 9.17) is 0 Å². The topological polar surface area (TPSA) is 46.9 Å². The van der Waals surface area contributed by atoms with Gasteiger partial charge in [0.2, 0.25) is 0 Å². The lowest BCUT2D eigenvalue weighted by molar-refractivity contribution is 0.0949. The number of hydrogen-bond donors (Lipinski definition) is 1. The number of aryl methyl sites for hydroxylation is 1. The summed E-state index contributed by atoms with van der Waals surface area (Å²) < 4.78 is 3.57. The minimum atomic E-state index is -0.0816. The van der Waals surface area contributed by atoms with Gasteiger partial charge in [0, 0.05) is 21.3 Å². The maximum absolute atomic E-state index is 12.1. The zero-order chi connectivity index (χ0) is 13.1. The lowest BCUT2D eigenvalue weighted by Gasteiger charge is -2.07. The van der Waals surface area contributed by atoms with E-state index in [0.717, 1.165) is 13.7 Å². The summed E-state index contributed by atoms with van der Waals surface area (Å²) in [6, 6.07) is 7.52. The summed E-state index contributed by atoms with van der Waals surface area (Å²) in [5.74, 6) is -0.0816. The van der Waals surface area contributed by atoms with Gasteiger partial charge in [-0.25, -0.2) is 0 Å². The maximum atomic E-state index is 12.1. The molecule has 0 fully saturated rings.